The molecule has 0 saturated carbocycles. The van der Waals surface area contributed by atoms with Crippen LogP contribution in [0.25, 0.3) is 33.7 Å². The molecule has 11 nitrogen and oxygen atoms in total. The number of aromatic nitrogens is 5. The average molecular weight is 613 g/mol. The van der Waals surface area contributed by atoms with E-state index in [4.69, 9.17) is 21.1 Å². The van der Waals surface area contributed by atoms with Crippen LogP contribution in [0, 0.1) is 0 Å². The molecular weight excluding hydrogens is 580 g/mol. The number of nitrogens with zero attached hydrogens (tertiary/aromatic N) is 5. The molecule has 2 amide bonds. The van der Waals surface area contributed by atoms with Crippen molar-refractivity contribution in [3.63, 3.8) is 0 Å². The first kappa shape index (κ1) is 30.6. The van der Waals surface area contributed by atoms with Crippen LogP contribution < -0.4 is 10.6 Å². The monoisotopic (exact) mass is 612 g/mol. The maximum absolute atomic E-state index is 12.6. The number of rotatable bonds is 9. The quantitative estimate of drug-likeness (QED) is 0.182. The van der Waals surface area contributed by atoms with Crippen molar-refractivity contribution in [1.82, 2.24) is 35.3 Å². The summed E-state index contributed by atoms with van der Waals surface area (Å²) in [5, 5.41) is 10.1. The van der Waals surface area contributed by atoms with Crippen molar-refractivity contribution in [1.29, 1.82) is 0 Å². The summed E-state index contributed by atoms with van der Waals surface area (Å²) in [5.74, 6) is 0.214. The van der Waals surface area contributed by atoms with E-state index in [1.807, 2.05) is 88.3 Å². The third kappa shape index (κ3) is 7.01. The number of aromatic amines is 1. The zero-order chi connectivity index (χ0) is 31.4. The van der Waals surface area contributed by atoms with Gasteiger partial charge < -0.3 is 25.0 Å². The second-order valence-corrected chi connectivity index (χ2v) is 11.9. The molecule has 3 aromatic heterocycles. The predicted molar refractivity (Wildman–Crippen MR) is 170 cm³/mol. The van der Waals surface area contributed by atoms with Crippen LogP contribution in [0.5, 0.6) is 0 Å². The molecule has 44 heavy (non-hydrogen) atoms. The number of likely N-dealkylation sites (N-methyl/N-ethyl adjacent to an activating group) is 1. The maximum atomic E-state index is 12.6. The minimum atomic E-state index is -0.477. The second-order valence-electron chi connectivity index (χ2n) is 11.5. The topological polar surface area (TPSA) is 142 Å². The molecule has 3 N–H and O–H groups in total. The Bertz CT molecular complexity index is 1850. The van der Waals surface area contributed by atoms with E-state index in [2.05, 4.69) is 30.7 Å². The third-order valence-electron chi connectivity index (χ3n) is 6.67. The first-order valence-corrected chi connectivity index (χ1v) is 14.3. The number of benzene rings is 2. The molecule has 3 heterocycles. The van der Waals surface area contributed by atoms with Crippen LogP contribution in [0.15, 0.2) is 71.4 Å². The van der Waals surface area contributed by atoms with Crippen molar-refractivity contribution >= 4 is 40.3 Å². The Morgan fingerprint density at radius 1 is 1.07 bits per heavy atom. The molecule has 0 aliphatic carbocycles. The summed E-state index contributed by atoms with van der Waals surface area (Å²) in [5.41, 5.74) is 4.66. The lowest BCUT2D eigenvalue weighted by Crippen LogP contribution is -2.23. The molecule has 5 aromatic rings. The van der Waals surface area contributed by atoms with E-state index in [0.29, 0.717) is 34.6 Å². The summed E-state index contributed by atoms with van der Waals surface area (Å²) in [6, 6.07) is 14.9. The number of anilines is 1. The zero-order valence-corrected chi connectivity index (χ0v) is 25.9. The fourth-order valence-corrected chi connectivity index (χ4v) is 4.60. The first-order valence-electron chi connectivity index (χ1n) is 14.0. The summed E-state index contributed by atoms with van der Waals surface area (Å²) in [6.45, 7) is 6.65. The molecule has 0 aliphatic heterocycles. The largest absolute Gasteiger partial charge is 0.344 e. The van der Waals surface area contributed by atoms with Crippen LogP contribution in [0.1, 0.15) is 42.8 Å². The number of H-pyrrole nitrogens is 1. The van der Waals surface area contributed by atoms with Gasteiger partial charge in [0.15, 0.2) is 11.5 Å². The van der Waals surface area contributed by atoms with E-state index in [-0.39, 0.29) is 23.8 Å². The van der Waals surface area contributed by atoms with Gasteiger partial charge in [-0.25, -0.2) is 9.97 Å². The fourth-order valence-electron chi connectivity index (χ4n) is 4.35. The van der Waals surface area contributed by atoms with Crippen LogP contribution >= 0.6 is 11.6 Å². The van der Waals surface area contributed by atoms with Crippen molar-refractivity contribution in [2.24, 2.45) is 0 Å². The molecule has 0 spiro atoms. The molecule has 5 rings (SSSR count). The zero-order valence-electron chi connectivity index (χ0n) is 25.1. The Morgan fingerprint density at radius 2 is 1.86 bits per heavy atom. The minimum Gasteiger partial charge on any atom is -0.344 e. The summed E-state index contributed by atoms with van der Waals surface area (Å²) >= 11 is 6.66. The highest BCUT2D eigenvalue weighted by Gasteiger charge is 2.24. The van der Waals surface area contributed by atoms with Crippen molar-refractivity contribution in [2.75, 3.05) is 26.0 Å². The Hall–Kier alpha value is -4.87. The van der Waals surface area contributed by atoms with Crippen LogP contribution in [0.3, 0.4) is 0 Å². The van der Waals surface area contributed by atoms with Crippen molar-refractivity contribution in [3.05, 3.63) is 89.2 Å². The lowest BCUT2D eigenvalue weighted by Gasteiger charge is -2.11. The standard InChI is InChI=1S/C32H33ClN8O3/c1-32(2,3)31-39-30(44-40-31)29(43)35-18-20-13-12-19(17-23(20)33)21-14-15-34-28-26(21)37-27(38-28)22-9-6-7-10-24(22)36-25(42)11-8-16-41(4)5/h6-15,17H,16,18H2,1-5H3,(H,35,43)(H,36,42)(H,34,37,38)/b11-8+. The van der Waals surface area contributed by atoms with Gasteiger partial charge in [-0.05, 0) is 49.5 Å². The Labute approximate surface area is 259 Å². The van der Waals surface area contributed by atoms with Crippen molar-refractivity contribution in [2.45, 2.75) is 32.7 Å². The number of imidazole rings is 1. The summed E-state index contributed by atoms with van der Waals surface area (Å²) in [4.78, 5) is 43.8. The van der Waals surface area contributed by atoms with E-state index in [1.54, 1.807) is 12.3 Å². The number of fused-ring (bicyclic) bond motifs is 1. The molecule has 226 valence electrons. The molecule has 0 radical (unpaired) electrons. The van der Waals surface area contributed by atoms with Gasteiger partial charge in [0.25, 0.3) is 0 Å². The second kappa shape index (κ2) is 12.8. The molecular formula is C32H33ClN8O3. The smallest absolute Gasteiger partial charge is 0.315 e. The molecule has 2 aromatic carbocycles. The molecule has 0 aliphatic rings. The summed E-state index contributed by atoms with van der Waals surface area (Å²) in [6.07, 6.45) is 5.00. The summed E-state index contributed by atoms with van der Waals surface area (Å²) in [7, 11) is 3.87. The fraction of sp³-hybridized carbons (Fsp3) is 0.250. The first-order chi connectivity index (χ1) is 21.0. The van der Waals surface area contributed by atoms with Gasteiger partial charge in [-0.2, -0.15) is 4.98 Å². The Morgan fingerprint density at radius 3 is 2.59 bits per heavy atom. The lowest BCUT2D eigenvalue weighted by atomic mass is 9.96. The van der Waals surface area contributed by atoms with Crippen LogP contribution in [0.2, 0.25) is 5.02 Å². The van der Waals surface area contributed by atoms with Gasteiger partial charge in [-0.15, -0.1) is 0 Å². The molecule has 0 bridgehead atoms. The number of carbonyl (C=O) groups is 2. The van der Waals surface area contributed by atoms with E-state index < -0.39 is 5.91 Å². The number of amides is 2. The number of carbonyl (C=O) groups excluding carboxylic acids is 2. The van der Waals surface area contributed by atoms with E-state index >= 15 is 0 Å². The molecule has 12 heteroatoms. The van der Waals surface area contributed by atoms with Crippen LogP contribution in [-0.4, -0.2) is 62.4 Å². The van der Waals surface area contributed by atoms with Gasteiger partial charge in [0.2, 0.25) is 5.91 Å². The SMILES string of the molecule is CN(C)C/C=C/C(=O)Nc1ccccc1-c1nc2nccc(-c3ccc(CNC(=O)c4nc(C(C)(C)C)no4)c(Cl)c3)c2[nH]1. The van der Waals surface area contributed by atoms with Gasteiger partial charge in [-0.1, -0.05) is 67.9 Å². The number of pyridine rings is 1. The maximum Gasteiger partial charge on any atom is 0.315 e. The number of hydrogen-bond donors (Lipinski definition) is 3. The molecule has 0 unspecified atom stereocenters. The highest BCUT2D eigenvalue weighted by Crippen LogP contribution is 2.33. The Kier molecular flexibility index (Phi) is 8.88. The van der Waals surface area contributed by atoms with Crippen LogP contribution in [-0.2, 0) is 16.8 Å². The van der Waals surface area contributed by atoms with E-state index in [0.717, 1.165) is 27.8 Å². The molecule has 0 fully saturated rings. The lowest BCUT2D eigenvalue weighted by molar-refractivity contribution is -0.111. The Balaban J connectivity index is 1.35. The number of halogens is 1. The number of para-hydroxylation sites is 1. The summed E-state index contributed by atoms with van der Waals surface area (Å²) < 4.78 is 5.13. The number of hydrogen-bond acceptors (Lipinski definition) is 8. The molecule has 0 saturated heterocycles. The molecule has 0 atom stereocenters. The number of nitrogens with one attached hydrogen (secondary N) is 3. The highest BCUT2D eigenvalue weighted by atomic mass is 35.5. The van der Waals surface area contributed by atoms with E-state index in [1.165, 1.54) is 6.08 Å². The van der Waals surface area contributed by atoms with Gasteiger partial charge in [0.05, 0.1) is 11.2 Å². The van der Waals surface area contributed by atoms with Gasteiger partial charge in [0.1, 0.15) is 5.82 Å². The minimum absolute atomic E-state index is 0.0983. The third-order valence-corrected chi connectivity index (χ3v) is 7.02. The van der Waals surface area contributed by atoms with Gasteiger partial charge >= 0.3 is 11.8 Å². The average Bonchev–Trinajstić information content (AvgIpc) is 3.65. The van der Waals surface area contributed by atoms with Gasteiger partial charge in [0, 0.05) is 46.9 Å². The van der Waals surface area contributed by atoms with E-state index in [9.17, 15) is 9.59 Å². The van der Waals surface area contributed by atoms with Crippen molar-refractivity contribution in [3.8, 4) is 22.5 Å². The highest BCUT2D eigenvalue weighted by molar-refractivity contribution is 6.31. The van der Waals surface area contributed by atoms with Gasteiger partial charge in [-0.3, -0.25) is 9.59 Å². The van der Waals surface area contributed by atoms with Crippen LogP contribution in [0.4, 0.5) is 5.69 Å². The van der Waals surface area contributed by atoms with Crippen molar-refractivity contribution < 1.29 is 14.1 Å². The normalized spacial score (nSPS) is 11.9. The predicted octanol–water partition coefficient (Wildman–Crippen LogP) is 5.61.